The van der Waals surface area contributed by atoms with Crippen molar-refractivity contribution in [3.63, 3.8) is 0 Å². The minimum Gasteiger partial charge on any atom is -0.456 e. The molecule has 1 aliphatic heterocycles. The molecule has 1 fully saturated rings. The number of furan rings is 1. The van der Waals surface area contributed by atoms with Gasteiger partial charge in [-0.25, -0.2) is 0 Å². The molecule has 4 nitrogen and oxygen atoms in total. The minimum absolute atomic E-state index is 0.0192. The highest BCUT2D eigenvalue weighted by Crippen LogP contribution is 2.52. The number of hydrogen-bond donors (Lipinski definition) is 3. The van der Waals surface area contributed by atoms with E-state index in [0.29, 0.717) is 0 Å². The summed E-state index contributed by atoms with van der Waals surface area (Å²) in [5.41, 5.74) is 13.2. The van der Waals surface area contributed by atoms with Gasteiger partial charge in [0.25, 0.3) is 0 Å². The maximum atomic E-state index is 6.51. The van der Waals surface area contributed by atoms with Crippen LogP contribution in [0.1, 0.15) is 60.2 Å². The van der Waals surface area contributed by atoms with Gasteiger partial charge in [-0.15, -0.1) is 0 Å². The van der Waals surface area contributed by atoms with Crippen molar-refractivity contribution in [3.05, 3.63) is 167 Å². The zero-order chi connectivity index (χ0) is 30.8. The zero-order valence-corrected chi connectivity index (χ0v) is 25.9. The second-order valence-corrected chi connectivity index (χ2v) is 13.1. The Balaban J connectivity index is 1.11. The van der Waals surface area contributed by atoms with Crippen LogP contribution >= 0.6 is 0 Å². The van der Waals surface area contributed by atoms with Gasteiger partial charge in [0.2, 0.25) is 0 Å². The first-order valence-corrected chi connectivity index (χ1v) is 16.1. The Kier molecular flexibility index (Phi) is 6.26. The summed E-state index contributed by atoms with van der Waals surface area (Å²) in [6.45, 7) is 4.67. The summed E-state index contributed by atoms with van der Waals surface area (Å²) in [5, 5.41) is 13.6. The van der Waals surface area contributed by atoms with Crippen molar-refractivity contribution in [3.8, 4) is 22.3 Å². The predicted molar refractivity (Wildman–Crippen MR) is 187 cm³/mol. The van der Waals surface area contributed by atoms with Gasteiger partial charge in [0.1, 0.15) is 11.2 Å². The topological polar surface area (TPSA) is 49.2 Å². The predicted octanol–water partition coefficient (Wildman–Crippen LogP) is 9.74. The molecule has 2 atom stereocenters. The monoisotopic (exact) mass is 597 g/mol. The number of hydrogen-bond acceptors (Lipinski definition) is 4. The maximum absolute atomic E-state index is 6.51. The summed E-state index contributed by atoms with van der Waals surface area (Å²) < 4.78 is 6.51. The summed E-state index contributed by atoms with van der Waals surface area (Å²) in [6.07, 6.45) is -0.122. The SMILES string of the molecule is CC1(C)c2ccccc2-c2c(-c3ccc4oc5cc(C6NC(c7ccccc7)NC(c7ccccc7)N6)ccc5c4c3)cccc21. The molecule has 7 aromatic rings. The second kappa shape index (κ2) is 10.5. The van der Waals surface area contributed by atoms with Crippen molar-refractivity contribution in [1.29, 1.82) is 0 Å². The number of fused-ring (bicyclic) bond motifs is 6. The van der Waals surface area contributed by atoms with Crippen molar-refractivity contribution in [2.45, 2.75) is 37.8 Å². The van der Waals surface area contributed by atoms with Gasteiger partial charge in [-0.3, -0.25) is 16.0 Å². The van der Waals surface area contributed by atoms with E-state index in [0.717, 1.165) is 27.5 Å². The first kappa shape index (κ1) is 27.3. The molecule has 3 N–H and O–H groups in total. The fourth-order valence-corrected chi connectivity index (χ4v) is 7.65. The number of rotatable bonds is 4. The van der Waals surface area contributed by atoms with Crippen LogP contribution in [-0.2, 0) is 5.41 Å². The van der Waals surface area contributed by atoms with Gasteiger partial charge in [0, 0.05) is 16.2 Å². The largest absolute Gasteiger partial charge is 0.456 e. The fourth-order valence-electron chi connectivity index (χ4n) is 7.65. The Morgan fingerprint density at radius 3 is 1.80 bits per heavy atom. The van der Waals surface area contributed by atoms with E-state index >= 15 is 0 Å². The smallest absolute Gasteiger partial charge is 0.135 e. The third-order valence-corrected chi connectivity index (χ3v) is 10.0. The Labute approximate surface area is 269 Å². The van der Waals surface area contributed by atoms with Crippen LogP contribution in [0.5, 0.6) is 0 Å². The number of benzene rings is 6. The van der Waals surface area contributed by atoms with E-state index in [1.54, 1.807) is 0 Å². The van der Waals surface area contributed by atoms with Crippen LogP contribution in [0.4, 0.5) is 0 Å². The van der Waals surface area contributed by atoms with Gasteiger partial charge in [-0.1, -0.05) is 135 Å². The molecule has 1 saturated heterocycles. The zero-order valence-electron chi connectivity index (χ0n) is 25.9. The Hall–Kier alpha value is -5.00. The van der Waals surface area contributed by atoms with Crippen LogP contribution in [0.2, 0.25) is 0 Å². The molecule has 0 amide bonds. The van der Waals surface area contributed by atoms with E-state index in [1.807, 2.05) is 0 Å². The average Bonchev–Trinajstić information content (AvgIpc) is 3.60. The fraction of sp³-hybridized carbons (Fsp3) is 0.143. The van der Waals surface area contributed by atoms with Crippen LogP contribution < -0.4 is 16.0 Å². The van der Waals surface area contributed by atoms with Crippen molar-refractivity contribution in [1.82, 2.24) is 16.0 Å². The number of nitrogens with one attached hydrogen (secondary N) is 3. The molecule has 1 aliphatic carbocycles. The third kappa shape index (κ3) is 4.33. The Bertz CT molecular complexity index is 2190. The van der Waals surface area contributed by atoms with Crippen LogP contribution in [0.25, 0.3) is 44.2 Å². The quantitative estimate of drug-likeness (QED) is 0.189. The molecule has 0 radical (unpaired) electrons. The molecule has 46 heavy (non-hydrogen) atoms. The summed E-state index contributed by atoms with van der Waals surface area (Å²) in [5.74, 6) is 0. The summed E-state index contributed by atoms with van der Waals surface area (Å²) in [4.78, 5) is 0. The van der Waals surface area contributed by atoms with E-state index in [-0.39, 0.29) is 23.9 Å². The van der Waals surface area contributed by atoms with Crippen LogP contribution in [0.15, 0.2) is 144 Å². The maximum Gasteiger partial charge on any atom is 0.135 e. The highest BCUT2D eigenvalue weighted by Gasteiger charge is 2.36. The van der Waals surface area contributed by atoms with Crippen molar-refractivity contribution in [2.75, 3.05) is 0 Å². The van der Waals surface area contributed by atoms with E-state index in [1.165, 1.54) is 44.5 Å². The van der Waals surface area contributed by atoms with Crippen molar-refractivity contribution < 1.29 is 4.42 Å². The highest BCUT2D eigenvalue weighted by atomic mass is 16.3. The van der Waals surface area contributed by atoms with E-state index in [4.69, 9.17) is 4.42 Å². The molecule has 9 rings (SSSR count). The average molecular weight is 598 g/mol. The third-order valence-electron chi connectivity index (χ3n) is 10.0. The molecule has 6 aromatic carbocycles. The lowest BCUT2D eigenvalue weighted by molar-refractivity contribution is 0.203. The van der Waals surface area contributed by atoms with Crippen LogP contribution in [0.3, 0.4) is 0 Å². The van der Waals surface area contributed by atoms with Gasteiger partial charge in [0.15, 0.2) is 0 Å². The van der Waals surface area contributed by atoms with Gasteiger partial charge in [0.05, 0.1) is 18.5 Å². The Morgan fingerprint density at radius 1 is 0.478 bits per heavy atom. The van der Waals surface area contributed by atoms with Crippen molar-refractivity contribution >= 4 is 21.9 Å². The first-order valence-electron chi connectivity index (χ1n) is 16.1. The molecule has 4 heteroatoms. The molecule has 2 unspecified atom stereocenters. The van der Waals surface area contributed by atoms with Crippen molar-refractivity contribution in [2.24, 2.45) is 0 Å². The normalized spacial score (nSPS) is 20.1. The first-order chi connectivity index (χ1) is 22.5. The lowest BCUT2D eigenvalue weighted by atomic mass is 9.82. The van der Waals surface area contributed by atoms with Gasteiger partial charge in [-0.05, 0) is 68.3 Å². The highest BCUT2D eigenvalue weighted by molar-refractivity contribution is 6.07. The minimum atomic E-state index is -0.0832. The molecule has 2 heterocycles. The molecule has 1 aromatic heterocycles. The summed E-state index contributed by atoms with van der Waals surface area (Å²) in [6, 6.07) is 50.0. The molecule has 224 valence electrons. The molecule has 0 saturated carbocycles. The van der Waals surface area contributed by atoms with E-state index in [2.05, 4.69) is 169 Å². The molecular formula is C42H35N3O. The van der Waals surface area contributed by atoms with E-state index in [9.17, 15) is 0 Å². The standard InChI is InChI=1S/C42H35N3O/c1-42(2)34-18-10-9-16-32(34)38-30(17-11-19-35(38)42)28-21-23-36-33(24-28)31-22-20-29(25-37(31)46-36)41-44-39(26-12-5-3-6-13-26)43-40(45-41)27-14-7-4-8-15-27/h3-25,39-41,43-45H,1-2H3. The van der Waals surface area contributed by atoms with Gasteiger partial charge >= 0.3 is 0 Å². The lowest BCUT2D eigenvalue weighted by Gasteiger charge is -2.39. The lowest BCUT2D eigenvalue weighted by Crippen LogP contribution is -2.54. The summed E-state index contributed by atoms with van der Waals surface area (Å²) in [7, 11) is 0. The second-order valence-electron chi connectivity index (χ2n) is 13.1. The molecule has 0 bridgehead atoms. The summed E-state index contributed by atoms with van der Waals surface area (Å²) >= 11 is 0. The van der Waals surface area contributed by atoms with Crippen LogP contribution in [-0.4, -0.2) is 0 Å². The molecule has 2 aliphatic rings. The van der Waals surface area contributed by atoms with E-state index < -0.39 is 0 Å². The van der Waals surface area contributed by atoms with Crippen LogP contribution in [0, 0.1) is 0 Å². The Morgan fingerprint density at radius 2 is 1.09 bits per heavy atom. The molecular weight excluding hydrogens is 562 g/mol. The van der Waals surface area contributed by atoms with Gasteiger partial charge < -0.3 is 4.42 Å². The molecule has 0 spiro atoms. The van der Waals surface area contributed by atoms with Gasteiger partial charge in [-0.2, -0.15) is 0 Å².